The van der Waals surface area contributed by atoms with Crippen LogP contribution in [0.15, 0.2) is 24.3 Å². The Morgan fingerprint density at radius 3 is 2.70 bits per heavy atom. The van der Waals surface area contributed by atoms with Gasteiger partial charge in [0.05, 0.1) is 13.7 Å². The number of hydrogen-bond acceptors (Lipinski definition) is 3. The minimum atomic E-state index is -1.08. The van der Waals surface area contributed by atoms with Crippen molar-refractivity contribution in [2.75, 3.05) is 20.2 Å². The molecule has 0 saturated carbocycles. The maximum Gasteiger partial charge on any atom is 0.323 e. The number of aliphatic carboxylic acids is 1. The van der Waals surface area contributed by atoms with Crippen LogP contribution in [0.3, 0.4) is 0 Å². The standard InChI is InChI=1S/C15H17NO4/c1-3-10-16(11-15(18)19)14(17)9-8-12-6-4-5-7-13(12)20-2/h1,4-7H,8-11H2,2H3,(H,18,19). The predicted molar refractivity (Wildman–Crippen MR) is 74.4 cm³/mol. The molecule has 0 aromatic heterocycles. The summed E-state index contributed by atoms with van der Waals surface area (Å²) in [7, 11) is 1.57. The van der Waals surface area contributed by atoms with Crippen LogP contribution in [0.25, 0.3) is 0 Å². The lowest BCUT2D eigenvalue weighted by Gasteiger charge is -2.18. The monoisotopic (exact) mass is 275 g/mol. The lowest BCUT2D eigenvalue weighted by molar-refractivity contribution is -0.144. The summed E-state index contributed by atoms with van der Waals surface area (Å²) in [5.41, 5.74) is 0.902. The predicted octanol–water partition coefficient (Wildman–Crippen LogP) is 1.17. The number of rotatable bonds is 7. The van der Waals surface area contributed by atoms with Crippen molar-refractivity contribution in [2.24, 2.45) is 0 Å². The van der Waals surface area contributed by atoms with Gasteiger partial charge in [-0.3, -0.25) is 9.59 Å². The highest BCUT2D eigenvalue weighted by atomic mass is 16.5. The third-order valence-corrected chi connectivity index (χ3v) is 2.76. The van der Waals surface area contributed by atoms with Gasteiger partial charge in [0.2, 0.25) is 5.91 Å². The van der Waals surface area contributed by atoms with Crippen LogP contribution in [0.4, 0.5) is 0 Å². The van der Waals surface area contributed by atoms with Crippen LogP contribution in [0.1, 0.15) is 12.0 Å². The number of terminal acetylenes is 1. The van der Waals surface area contributed by atoms with Gasteiger partial charge in [0.15, 0.2) is 0 Å². The molecule has 1 amide bonds. The Bertz CT molecular complexity index is 519. The van der Waals surface area contributed by atoms with Crippen molar-refractivity contribution >= 4 is 11.9 Å². The minimum Gasteiger partial charge on any atom is -0.496 e. The maximum absolute atomic E-state index is 12.0. The summed E-state index contributed by atoms with van der Waals surface area (Å²) in [6.07, 6.45) is 5.80. The number of carbonyl (C=O) groups excluding carboxylic acids is 1. The minimum absolute atomic E-state index is 0.00292. The van der Waals surface area contributed by atoms with E-state index in [1.54, 1.807) is 7.11 Å². The molecule has 20 heavy (non-hydrogen) atoms. The molecule has 0 atom stereocenters. The van der Waals surface area contributed by atoms with Gasteiger partial charge in [0.25, 0.3) is 0 Å². The first-order valence-corrected chi connectivity index (χ1v) is 6.13. The van der Waals surface area contributed by atoms with Crippen LogP contribution in [0.2, 0.25) is 0 Å². The Balaban J connectivity index is 2.65. The molecule has 0 unspecified atom stereocenters. The molecular formula is C15H17NO4. The number of aryl methyl sites for hydroxylation is 1. The summed E-state index contributed by atoms with van der Waals surface area (Å²) in [6, 6.07) is 7.39. The van der Waals surface area contributed by atoms with Crippen molar-refractivity contribution in [3.63, 3.8) is 0 Å². The molecule has 1 aromatic rings. The van der Waals surface area contributed by atoms with Crippen molar-refractivity contribution < 1.29 is 19.4 Å². The second-order valence-corrected chi connectivity index (χ2v) is 4.16. The Morgan fingerprint density at radius 1 is 1.40 bits per heavy atom. The summed E-state index contributed by atoms with van der Waals surface area (Å²) in [6.45, 7) is -0.383. The molecule has 106 valence electrons. The SMILES string of the molecule is C#CCN(CC(=O)O)C(=O)CCc1ccccc1OC. The van der Waals surface area contributed by atoms with E-state index < -0.39 is 5.97 Å². The van der Waals surface area contributed by atoms with E-state index in [0.29, 0.717) is 12.2 Å². The fraction of sp³-hybridized carbons (Fsp3) is 0.333. The molecule has 0 heterocycles. The number of methoxy groups -OCH3 is 1. The van der Waals surface area contributed by atoms with Crippen molar-refractivity contribution in [2.45, 2.75) is 12.8 Å². The molecule has 0 fully saturated rings. The molecule has 1 N–H and O–H groups in total. The van der Waals surface area contributed by atoms with Crippen LogP contribution < -0.4 is 4.74 Å². The molecule has 0 radical (unpaired) electrons. The zero-order chi connectivity index (χ0) is 15.0. The average molecular weight is 275 g/mol. The Hall–Kier alpha value is -2.48. The van der Waals surface area contributed by atoms with Gasteiger partial charge in [-0.25, -0.2) is 0 Å². The average Bonchev–Trinajstić information content (AvgIpc) is 2.44. The lowest BCUT2D eigenvalue weighted by atomic mass is 10.1. The van der Waals surface area contributed by atoms with E-state index in [4.69, 9.17) is 16.3 Å². The molecule has 5 heteroatoms. The fourth-order valence-corrected chi connectivity index (χ4v) is 1.81. The molecule has 1 aromatic carbocycles. The van der Waals surface area contributed by atoms with Crippen LogP contribution in [0.5, 0.6) is 5.75 Å². The third kappa shape index (κ3) is 4.65. The van der Waals surface area contributed by atoms with Gasteiger partial charge in [-0.15, -0.1) is 6.42 Å². The molecule has 0 saturated heterocycles. The van der Waals surface area contributed by atoms with Crippen LogP contribution in [-0.2, 0) is 16.0 Å². The van der Waals surface area contributed by atoms with E-state index in [0.717, 1.165) is 10.5 Å². The first-order valence-electron chi connectivity index (χ1n) is 6.13. The number of nitrogens with zero attached hydrogens (tertiary/aromatic N) is 1. The molecule has 0 aliphatic rings. The number of hydrogen-bond donors (Lipinski definition) is 1. The number of ether oxygens (including phenoxy) is 1. The Morgan fingerprint density at radius 2 is 2.10 bits per heavy atom. The van der Waals surface area contributed by atoms with E-state index in [9.17, 15) is 9.59 Å². The highest BCUT2D eigenvalue weighted by Gasteiger charge is 2.16. The number of amides is 1. The molecule has 0 spiro atoms. The fourth-order valence-electron chi connectivity index (χ4n) is 1.81. The third-order valence-electron chi connectivity index (χ3n) is 2.76. The normalized spacial score (nSPS) is 9.60. The Labute approximate surface area is 118 Å². The van der Waals surface area contributed by atoms with E-state index in [1.165, 1.54) is 0 Å². The highest BCUT2D eigenvalue weighted by molar-refractivity contribution is 5.81. The van der Waals surface area contributed by atoms with Crippen molar-refractivity contribution in [3.05, 3.63) is 29.8 Å². The number of carboxylic acids is 1. The maximum atomic E-state index is 12.0. The van der Waals surface area contributed by atoms with Gasteiger partial charge in [-0.2, -0.15) is 0 Å². The van der Waals surface area contributed by atoms with Gasteiger partial charge < -0.3 is 14.7 Å². The summed E-state index contributed by atoms with van der Waals surface area (Å²) < 4.78 is 5.20. The van der Waals surface area contributed by atoms with Crippen LogP contribution in [0, 0.1) is 12.3 Å². The first kappa shape index (κ1) is 15.6. The summed E-state index contributed by atoms with van der Waals surface area (Å²) in [5.74, 6) is 1.64. The second-order valence-electron chi connectivity index (χ2n) is 4.16. The van der Waals surface area contributed by atoms with Gasteiger partial charge in [0, 0.05) is 6.42 Å². The highest BCUT2D eigenvalue weighted by Crippen LogP contribution is 2.19. The van der Waals surface area contributed by atoms with Crippen molar-refractivity contribution in [3.8, 4) is 18.1 Å². The Kier molecular flexibility index (Phi) is 6.11. The number of carboxylic acid groups (broad SMARTS) is 1. The van der Waals surface area contributed by atoms with Crippen LogP contribution >= 0.6 is 0 Å². The topological polar surface area (TPSA) is 66.8 Å². The molecule has 0 aliphatic heterocycles. The van der Waals surface area contributed by atoms with Gasteiger partial charge >= 0.3 is 5.97 Å². The largest absolute Gasteiger partial charge is 0.496 e. The van der Waals surface area contributed by atoms with Gasteiger partial charge in [-0.05, 0) is 18.1 Å². The molecule has 0 bridgehead atoms. The molecule has 5 nitrogen and oxygen atoms in total. The van der Waals surface area contributed by atoms with Gasteiger partial charge in [0.1, 0.15) is 12.3 Å². The smallest absolute Gasteiger partial charge is 0.323 e. The zero-order valence-electron chi connectivity index (χ0n) is 11.3. The summed E-state index contributed by atoms with van der Waals surface area (Å²) in [5, 5.41) is 8.74. The summed E-state index contributed by atoms with van der Waals surface area (Å²) in [4.78, 5) is 23.8. The lowest BCUT2D eigenvalue weighted by Crippen LogP contribution is -2.36. The van der Waals surface area contributed by atoms with Crippen LogP contribution in [-0.4, -0.2) is 42.1 Å². The second kappa shape index (κ2) is 7.85. The van der Waals surface area contributed by atoms with E-state index in [-0.39, 0.29) is 25.4 Å². The van der Waals surface area contributed by atoms with E-state index in [2.05, 4.69) is 5.92 Å². The molecule has 0 aliphatic carbocycles. The number of para-hydroxylation sites is 1. The molecule has 1 rings (SSSR count). The first-order chi connectivity index (χ1) is 9.58. The van der Waals surface area contributed by atoms with E-state index in [1.807, 2.05) is 24.3 Å². The zero-order valence-corrected chi connectivity index (χ0v) is 11.3. The quantitative estimate of drug-likeness (QED) is 0.759. The number of benzene rings is 1. The van der Waals surface area contributed by atoms with Crippen molar-refractivity contribution in [1.29, 1.82) is 0 Å². The molecular weight excluding hydrogens is 258 g/mol. The van der Waals surface area contributed by atoms with Crippen molar-refractivity contribution in [1.82, 2.24) is 4.90 Å². The van der Waals surface area contributed by atoms with E-state index >= 15 is 0 Å². The number of carbonyl (C=O) groups is 2. The van der Waals surface area contributed by atoms with Gasteiger partial charge in [-0.1, -0.05) is 24.1 Å². The summed E-state index contributed by atoms with van der Waals surface area (Å²) >= 11 is 0.